The van der Waals surface area contributed by atoms with Gasteiger partial charge in [-0.25, -0.2) is 4.79 Å². The minimum atomic E-state index is -1.11. The number of nitrogens with zero attached hydrogens (tertiary/aromatic N) is 2. The lowest BCUT2D eigenvalue weighted by molar-refractivity contribution is -0.384. The van der Waals surface area contributed by atoms with Crippen LogP contribution in [0.3, 0.4) is 0 Å². The van der Waals surface area contributed by atoms with E-state index in [1.165, 1.54) is 41.3 Å². The average Bonchev–Trinajstić information content (AvgIpc) is 3.32. The average molecular weight is 501 g/mol. The van der Waals surface area contributed by atoms with Crippen LogP contribution < -0.4 is 4.90 Å². The molecule has 1 aromatic heterocycles. The summed E-state index contributed by atoms with van der Waals surface area (Å²) in [5.74, 6) is -0.773. The molecule has 1 saturated heterocycles. The molecular weight excluding hydrogens is 488 g/mol. The molecule has 3 aromatic rings. The minimum Gasteiger partial charge on any atom is -0.478 e. The zero-order valence-electron chi connectivity index (χ0n) is 16.8. The lowest BCUT2D eigenvalue weighted by Crippen LogP contribution is -2.28. The highest BCUT2D eigenvalue weighted by Crippen LogP contribution is 2.39. The molecule has 0 saturated carbocycles. The van der Waals surface area contributed by atoms with Gasteiger partial charge in [-0.2, -0.15) is 0 Å². The Labute approximate surface area is 201 Å². The lowest BCUT2D eigenvalue weighted by Gasteiger charge is -2.17. The molecule has 1 N–H and O–H groups in total. The third-order valence-electron chi connectivity index (χ3n) is 4.82. The number of carbonyl (C=O) groups excluding carboxylic acids is 1. The van der Waals surface area contributed by atoms with E-state index in [4.69, 9.17) is 28.2 Å². The van der Waals surface area contributed by atoms with Crippen molar-refractivity contribution in [2.24, 2.45) is 0 Å². The predicted molar refractivity (Wildman–Crippen MR) is 130 cm³/mol. The maximum absolute atomic E-state index is 13.1. The SMILES string of the molecule is Cc1ccc(C(=O)O)cc1N1C(=O)/C(=C/c2ccc(-c3ccc([N+](=O)[O-])cc3Cl)o2)SC1=S. The Morgan fingerprint density at radius 2 is 2.00 bits per heavy atom. The van der Waals surface area contributed by atoms with Gasteiger partial charge in [-0.05, 0) is 42.8 Å². The Hall–Kier alpha value is -3.47. The number of hydrogen-bond donors (Lipinski definition) is 1. The summed E-state index contributed by atoms with van der Waals surface area (Å²) in [5.41, 5.74) is 1.48. The molecule has 1 fully saturated rings. The number of furan rings is 1. The minimum absolute atomic E-state index is 0.0456. The molecule has 33 heavy (non-hydrogen) atoms. The zero-order chi connectivity index (χ0) is 23.9. The molecule has 4 rings (SSSR count). The van der Waals surface area contributed by atoms with Crippen molar-refractivity contribution < 1.29 is 24.0 Å². The van der Waals surface area contributed by atoms with Crippen LogP contribution in [0.2, 0.25) is 5.02 Å². The normalized spacial score (nSPS) is 14.8. The Bertz CT molecular complexity index is 1380. The summed E-state index contributed by atoms with van der Waals surface area (Å²) >= 11 is 12.6. The van der Waals surface area contributed by atoms with Crippen molar-refractivity contribution in [3.05, 3.63) is 85.5 Å². The molecule has 0 spiro atoms. The lowest BCUT2D eigenvalue weighted by atomic mass is 10.1. The van der Waals surface area contributed by atoms with E-state index < -0.39 is 16.8 Å². The molecule has 8 nitrogen and oxygen atoms in total. The Kier molecular flexibility index (Phi) is 6.07. The van der Waals surface area contributed by atoms with Gasteiger partial charge in [-0.1, -0.05) is 41.6 Å². The van der Waals surface area contributed by atoms with Crippen molar-refractivity contribution in [2.45, 2.75) is 6.92 Å². The molecule has 1 amide bonds. The second-order valence-electron chi connectivity index (χ2n) is 6.95. The van der Waals surface area contributed by atoms with Gasteiger partial charge < -0.3 is 9.52 Å². The van der Waals surface area contributed by atoms with Crippen LogP contribution in [0.15, 0.2) is 57.9 Å². The highest BCUT2D eigenvalue weighted by Gasteiger charge is 2.34. The number of rotatable bonds is 5. The summed E-state index contributed by atoms with van der Waals surface area (Å²) in [7, 11) is 0. The fourth-order valence-electron chi connectivity index (χ4n) is 3.18. The van der Waals surface area contributed by atoms with Gasteiger partial charge >= 0.3 is 5.97 Å². The summed E-state index contributed by atoms with van der Waals surface area (Å²) in [6.45, 7) is 1.76. The van der Waals surface area contributed by atoms with Crippen LogP contribution in [-0.4, -0.2) is 26.2 Å². The quantitative estimate of drug-likeness (QED) is 0.199. The van der Waals surface area contributed by atoms with Gasteiger partial charge in [-0.3, -0.25) is 19.8 Å². The molecule has 0 atom stereocenters. The number of nitro groups is 1. The van der Waals surface area contributed by atoms with Crippen LogP contribution in [0.25, 0.3) is 17.4 Å². The first kappa shape index (κ1) is 22.7. The van der Waals surface area contributed by atoms with E-state index >= 15 is 0 Å². The predicted octanol–water partition coefficient (Wildman–Crippen LogP) is 5.92. The Morgan fingerprint density at radius 1 is 1.24 bits per heavy atom. The third kappa shape index (κ3) is 4.40. The molecule has 0 aliphatic carbocycles. The number of amides is 1. The van der Waals surface area contributed by atoms with Crippen LogP contribution >= 0.6 is 35.6 Å². The second-order valence-corrected chi connectivity index (χ2v) is 9.03. The fraction of sp³-hybridized carbons (Fsp3) is 0.0455. The van der Waals surface area contributed by atoms with Crippen LogP contribution in [0.5, 0.6) is 0 Å². The molecule has 1 aliphatic rings. The van der Waals surface area contributed by atoms with Crippen molar-refractivity contribution >= 4 is 69.2 Å². The zero-order valence-corrected chi connectivity index (χ0v) is 19.2. The molecule has 2 heterocycles. The van der Waals surface area contributed by atoms with Crippen molar-refractivity contribution in [3.8, 4) is 11.3 Å². The molecule has 166 valence electrons. The topological polar surface area (TPSA) is 114 Å². The first-order chi connectivity index (χ1) is 15.7. The summed E-state index contributed by atoms with van der Waals surface area (Å²) in [5, 5.41) is 20.3. The standard InChI is InChI=1S/C22H13ClN2O6S2/c1-11-2-3-12(21(27)28)8-17(11)24-20(26)19(33-22(24)32)10-14-5-7-18(31-14)15-6-4-13(25(29)30)9-16(15)23/h2-10H,1H3,(H,27,28)/b19-10-. The number of nitro benzene ring substituents is 1. The summed E-state index contributed by atoms with van der Waals surface area (Å²) in [4.78, 5) is 36.3. The van der Waals surface area contributed by atoms with E-state index in [1.807, 2.05) is 0 Å². The second kappa shape index (κ2) is 8.81. The number of anilines is 1. The highest BCUT2D eigenvalue weighted by molar-refractivity contribution is 8.27. The number of carbonyl (C=O) groups is 2. The number of carboxylic acid groups (broad SMARTS) is 1. The van der Waals surface area contributed by atoms with E-state index in [0.29, 0.717) is 33.2 Å². The molecular formula is C22H13ClN2O6S2. The Balaban J connectivity index is 1.63. The summed E-state index contributed by atoms with van der Waals surface area (Å²) in [6.07, 6.45) is 1.53. The molecule has 0 bridgehead atoms. The van der Waals surface area contributed by atoms with Gasteiger partial charge in [0.1, 0.15) is 11.5 Å². The van der Waals surface area contributed by atoms with Gasteiger partial charge in [0.05, 0.1) is 26.1 Å². The fourth-order valence-corrected chi connectivity index (χ4v) is 4.71. The van der Waals surface area contributed by atoms with E-state index in [2.05, 4.69) is 0 Å². The van der Waals surface area contributed by atoms with E-state index in [-0.39, 0.29) is 20.6 Å². The molecule has 11 heteroatoms. The molecule has 0 unspecified atom stereocenters. The van der Waals surface area contributed by atoms with Gasteiger partial charge in [-0.15, -0.1) is 0 Å². The summed E-state index contributed by atoms with van der Waals surface area (Å²) in [6, 6.07) is 11.8. The molecule has 0 radical (unpaired) electrons. The number of aryl methyl sites for hydroxylation is 1. The smallest absolute Gasteiger partial charge is 0.335 e. The number of aromatic carboxylic acids is 1. The van der Waals surface area contributed by atoms with Crippen molar-refractivity contribution in [1.82, 2.24) is 0 Å². The van der Waals surface area contributed by atoms with Crippen LogP contribution in [0.4, 0.5) is 11.4 Å². The molecule has 1 aliphatic heterocycles. The number of non-ortho nitro benzene ring substituents is 1. The first-order valence-corrected chi connectivity index (χ1v) is 10.9. The van der Waals surface area contributed by atoms with Crippen LogP contribution in [0, 0.1) is 17.0 Å². The maximum atomic E-state index is 13.1. The highest BCUT2D eigenvalue weighted by atomic mass is 35.5. The number of halogens is 1. The van der Waals surface area contributed by atoms with E-state index in [9.17, 15) is 24.8 Å². The van der Waals surface area contributed by atoms with Crippen molar-refractivity contribution in [1.29, 1.82) is 0 Å². The Morgan fingerprint density at radius 3 is 2.67 bits per heavy atom. The van der Waals surface area contributed by atoms with Gasteiger partial charge in [0.25, 0.3) is 11.6 Å². The van der Waals surface area contributed by atoms with E-state index in [1.54, 1.807) is 25.1 Å². The third-order valence-corrected chi connectivity index (χ3v) is 6.43. The van der Waals surface area contributed by atoms with Gasteiger partial charge in [0, 0.05) is 23.8 Å². The van der Waals surface area contributed by atoms with Gasteiger partial charge in [0.2, 0.25) is 0 Å². The molecule has 2 aromatic carbocycles. The number of thiocarbonyl (C=S) groups is 1. The summed E-state index contributed by atoms with van der Waals surface area (Å²) < 4.78 is 6.04. The number of benzene rings is 2. The van der Waals surface area contributed by atoms with Crippen LogP contribution in [-0.2, 0) is 4.79 Å². The number of carboxylic acids is 1. The van der Waals surface area contributed by atoms with Crippen molar-refractivity contribution in [2.75, 3.05) is 4.90 Å². The van der Waals surface area contributed by atoms with Crippen molar-refractivity contribution in [3.63, 3.8) is 0 Å². The largest absolute Gasteiger partial charge is 0.478 e. The number of hydrogen-bond acceptors (Lipinski definition) is 7. The van der Waals surface area contributed by atoms with E-state index in [0.717, 1.165) is 11.8 Å². The van der Waals surface area contributed by atoms with Crippen LogP contribution in [0.1, 0.15) is 21.7 Å². The maximum Gasteiger partial charge on any atom is 0.335 e. The van der Waals surface area contributed by atoms with Gasteiger partial charge in [0.15, 0.2) is 4.32 Å². The first-order valence-electron chi connectivity index (χ1n) is 9.32. The monoisotopic (exact) mass is 500 g/mol. The number of thioether (sulfide) groups is 1.